The molecule has 0 aliphatic carbocycles. The van der Waals surface area contributed by atoms with E-state index in [0.29, 0.717) is 10.8 Å². The Hall–Kier alpha value is -5.76. The third kappa shape index (κ3) is 4.75. The Labute approximate surface area is 257 Å². The fourth-order valence-electron chi connectivity index (χ4n) is 4.86. The van der Waals surface area contributed by atoms with Gasteiger partial charge in [0.2, 0.25) is 0 Å². The minimum atomic E-state index is -2.48. The molecule has 0 N–H and O–H groups in total. The van der Waals surface area contributed by atoms with Crippen molar-refractivity contribution in [3.8, 4) is 23.7 Å². The summed E-state index contributed by atoms with van der Waals surface area (Å²) in [4.78, 5) is 0. The molecule has 0 aliphatic rings. The molecular weight excluding hydrogens is 674 g/mol. The first-order valence-electron chi connectivity index (χ1n) is 12.9. The molecule has 0 spiro atoms. The Kier molecular flexibility index (Phi) is 7.70. The van der Waals surface area contributed by atoms with Crippen LogP contribution in [0.1, 0.15) is 22.3 Å². The van der Waals surface area contributed by atoms with Gasteiger partial charge in [-0.1, -0.05) is 35.8 Å². The van der Waals surface area contributed by atoms with Gasteiger partial charge in [0, 0.05) is 11.1 Å². The second-order valence-corrected chi connectivity index (χ2v) is 9.92. The van der Waals surface area contributed by atoms with E-state index in [9.17, 15) is 61.5 Å². The maximum atomic E-state index is 14.9. The fraction of sp³-hybridized carbons (Fsp3) is 0. The molecule has 0 saturated carbocycles. The number of rotatable bonds is 0. The largest absolute Gasteiger partial charge is 0.205 e. The highest BCUT2D eigenvalue weighted by molar-refractivity contribution is 5.89. The maximum Gasteiger partial charge on any atom is 0.198 e. The molecule has 0 radical (unpaired) electrons. The van der Waals surface area contributed by atoms with E-state index < -0.39 is 114 Å². The molecule has 0 aliphatic heterocycles. The van der Waals surface area contributed by atoms with Crippen LogP contribution in [0.4, 0.5) is 61.5 Å². The second kappa shape index (κ2) is 11.5. The van der Waals surface area contributed by atoms with E-state index in [4.69, 9.17) is 0 Å². The number of benzene rings is 6. The molecule has 6 rings (SSSR count). The maximum absolute atomic E-state index is 14.9. The van der Waals surface area contributed by atoms with E-state index in [1.807, 2.05) is 11.8 Å². The molecule has 0 nitrogen and oxygen atoms in total. The zero-order valence-corrected chi connectivity index (χ0v) is 22.8. The minimum absolute atomic E-state index is 0.00582. The van der Waals surface area contributed by atoms with Crippen molar-refractivity contribution < 1.29 is 61.5 Å². The van der Waals surface area contributed by atoms with Gasteiger partial charge in [0.1, 0.15) is 11.1 Å². The van der Waals surface area contributed by atoms with E-state index >= 15 is 0 Å². The van der Waals surface area contributed by atoms with Crippen molar-refractivity contribution in [1.82, 2.24) is 0 Å². The van der Waals surface area contributed by atoms with E-state index in [0.717, 1.165) is 0 Å². The predicted molar refractivity (Wildman–Crippen MR) is 143 cm³/mol. The Morgan fingerprint density at radius 3 is 0.854 bits per heavy atom. The van der Waals surface area contributed by atoms with E-state index in [2.05, 4.69) is 11.8 Å². The van der Waals surface area contributed by atoms with Crippen LogP contribution in [-0.4, -0.2) is 0 Å². The van der Waals surface area contributed by atoms with Crippen LogP contribution < -0.4 is 0 Å². The molecule has 6 aromatic rings. The first-order valence-corrected chi connectivity index (χ1v) is 12.9. The Morgan fingerprint density at radius 2 is 0.542 bits per heavy atom. The van der Waals surface area contributed by atoms with Crippen LogP contribution in [-0.2, 0) is 0 Å². The van der Waals surface area contributed by atoms with Crippen molar-refractivity contribution in [2.75, 3.05) is 0 Å². The van der Waals surface area contributed by atoms with Crippen LogP contribution in [0.5, 0.6) is 0 Å². The number of hydrogen-bond acceptors (Lipinski definition) is 0. The summed E-state index contributed by atoms with van der Waals surface area (Å²) in [5.41, 5.74) is -2.83. The van der Waals surface area contributed by atoms with Crippen molar-refractivity contribution in [3.05, 3.63) is 140 Å². The summed E-state index contributed by atoms with van der Waals surface area (Å²) in [6, 6.07) is 7.81. The van der Waals surface area contributed by atoms with Crippen molar-refractivity contribution in [3.63, 3.8) is 0 Å². The molecule has 14 heteroatoms. The average Bonchev–Trinajstić information content (AvgIpc) is 3.07. The van der Waals surface area contributed by atoms with Gasteiger partial charge in [-0.05, 0) is 35.0 Å². The van der Waals surface area contributed by atoms with E-state index in [1.165, 1.54) is 36.4 Å². The molecular formula is C34H6F14. The van der Waals surface area contributed by atoms with Gasteiger partial charge in [-0.25, -0.2) is 61.5 Å². The summed E-state index contributed by atoms with van der Waals surface area (Å²) in [6.07, 6.45) is 0. The van der Waals surface area contributed by atoms with Crippen LogP contribution >= 0.6 is 0 Å². The lowest BCUT2D eigenvalue weighted by molar-refractivity contribution is 0.411. The summed E-state index contributed by atoms with van der Waals surface area (Å²) >= 11 is 0. The Bertz CT molecular complexity index is 2390. The van der Waals surface area contributed by atoms with Crippen molar-refractivity contribution in [1.29, 1.82) is 0 Å². The Balaban J connectivity index is 1.38. The zero-order valence-electron chi connectivity index (χ0n) is 22.8. The van der Waals surface area contributed by atoms with Crippen LogP contribution in [0.15, 0.2) is 36.4 Å². The second-order valence-electron chi connectivity index (χ2n) is 9.92. The molecule has 0 bridgehead atoms. The monoisotopic (exact) mass is 680 g/mol. The van der Waals surface area contributed by atoms with Gasteiger partial charge in [-0.3, -0.25) is 0 Å². The standard InChI is InChI=1S/C34H6F14/c35-21-15(23(37)25(39)19-17(21)27(41)31(45)33(47)29(19)43)7-3-11-1-5-13-10-12(2-6-14(13)9-11)4-8-16-22(36)18-20(26(40)24(16)38)30(44)34(48)32(46)28(18)42/h1-2,5-6,9-10H. The first-order chi connectivity index (χ1) is 22.6. The van der Waals surface area contributed by atoms with Gasteiger partial charge in [-0.15, -0.1) is 0 Å². The van der Waals surface area contributed by atoms with Gasteiger partial charge in [0.15, 0.2) is 81.4 Å². The van der Waals surface area contributed by atoms with Gasteiger partial charge in [-0.2, -0.15) is 0 Å². The van der Waals surface area contributed by atoms with Crippen molar-refractivity contribution in [2.24, 2.45) is 0 Å². The van der Waals surface area contributed by atoms with Crippen LogP contribution in [0, 0.1) is 105 Å². The highest BCUT2D eigenvalue weighted by atomic mass is 19.2. The van der Waals surface area contributed by atoms with Gasteiger partial charge in [0.25, 0.3) is 0 Å². The minimum Gasteiger partial charge on any atom is -0.205 e. The molecule has 0 aromatic heterocycles. The lowest BCUT2D eigenvalue weighted by Gasteiger charge is -2.09. The number of hydrogen-bond donors (Lipinski definition) is 0. The molecule has 6 aromatic carbocycles. The SMILES string of the molecule is Fc1c(F)c(F)c2c(F)c(C#Cc3ccc4cc(C#Cc5c(F)c(F)c6c(F)c(F)c(F)c(F)c6c5F)ccc4c3)c(F)c(F)c2c1F. The number of halogens is 14. The lowest BCUT2D eigenvalue weighted by Crippen LogP contribution is -2.06. The summed E-state index contributed by atoms with van der Waals surface area (Å²) in [5, 5.41) is -6.31. The molecule has 240 valence electrons. The first kappa shape index (κ1) is 32.2. The average molecular weight is 680 g/mol. The normalized spacial score (nSPS) is 11.2. The topological polar surface area (TPSA) is 0 Å². The molecule has 0 heterocycles. The summed E-state index contributed by atoms with van der Waals surface area (Å²) in [6.45, 7) is 0. The molecule has 0 saturated heterocycles. The van der Waals surface area contributed by atoms with Crippen LogP contribution in [0.25, 0.3) is 32.3 Å². The highest BCUT2D eigenvalue weighted by Gasteiger charge is 2.31. The molecule has 0 amide bonds. The lowest BCUT2D eigenvalue weighted by atomic mass is 10.0. The number of fused-ring (bicyclic) bond motifs is 3. The molecule has 48 heavy (non-hydrogen) atoms. The van der Waals surface area contributed by atoms with E-state index in [-0.39, 0.29) is 11.1 Å². The Morgan fingerprint density at radius 1 is 0.271 bits per heavy atom. The highest BCUT2D eigenvalue weighted by Crippen LogP contribution is 2.36. The van der Waals surface area contributed by atoms with Gasteiger partial charge < -0.3 is 0 Å². The zero-order chi connectivity index (χ0) is 34.9. The molecule has 0 fully saturated rings. The molecule has 0 unspecified atom stereocenters. The quantitative estimate of drug-likeness (QED) is 0.0649. The van der Waals surface area contributed by atoms with Crippen molar-refractivity contribution >= 4 is 32.3 Å². The fourth-order valence-corrected chi connectivity index (χ4v) is 4.86. The summed E-state index contributed by atoms with van der Waals surface area (Å²) < 4.78 is 199. The molecule has 0 atom stereocenters. The van der Waals surface area contributed by atoms with Crippen LogP contribution in [0.3, 0.4) is 0 Å². The van der Waals surface area contributed by atoms with Gasteiger partial charge in [0.05, 0.1) is 21.5 Å². The summed E-state index contributed by atoms with van der Waals surface area (Å²) in [7, 11) is 0. The van der Waals surface area contributed by atoms with Gasteiger partial charge >= 0.3 is 0 Å². The van der Waals surface area contributed by atoms with E-state index in [1.54, 1.807) is 0 Å². The predicted octanol–water partition coefficient (Wildman–Crippen LogP) is 9.89. The van der Waals surface area contributed by atoms with Crippen molar-refractivity contribution in [2.45, 2.75) is 0 Å². The third-order valence-corrected chi connectivity index (χ3v) is 7.18. The van der Waals surface area contributed by atoms with Crippen LogP contribution in [0.2, 0.25) is 0 Å². The smallest absolute Gasteiger partial charge is 0.198 e. The summed E-state index contributed by atoms with van der Waals surface area (Å²) in [5.74, 6) is -23.5. The third-order valence-electron chi connectivity index (χ3n) is 7.18.